The Labute approximate surface area is 107 Å². The second-order valence-electron chi connectivity index (χ2n) is 5.03. The number of imidazole rings is 1. The van der Waals surface area contributed by atoms with Crippen molar-refractivity contribution in [3.63, 3.8) is 0 Å². The minimum absolute atomic E-state index is 0.259. The number of nitrogens with two attached hydrogens (primary N) is 1. The number of ether oxygens (including phenoxy) is 1. The van der Waals surface area contributed by atoms with Crippen molar-refractivity contribution >= 4 is 11.0 Å². The first kappa shape index (κ1) is 11.7. The molecule has 0 bridgehead atoms. The molecule has 4 heteroatoms. The van der Waals surface area contributed by atoms with Gasteiger partial charge >= 0.3 is 0 Å². The Morgan fingerprint density at radius 3 is 3.00 bits per heavy atom. The summed E-state index contributed by atoms with van der Waals surface area (Å²) < 4.78 is 7.83. The van der Waals surface area contributed by atoms with Crippen molar-refractivity contribution in [3.05, 3.63) is 29.6 Å². The van der Waals surface area contributed by atoms with E-state index in [1.54, 1.807) is 0 Å². The maximum absolute atomic E-state index is 5.69. The van der Waals surface area contributed by atoms with E-state index in [9.17, 15) is 0 Å². The standard InChI is InChI=1S/C14H19N3O/c1-9-11(5-6-18-9)14-16-12-4-3-10(8-15)7-13(12)17(14)2/h3-4,7,9,11H,5-6,8,15H2,1-2H3. The lowest BCUT2D eigenvalue weighted by molar-refractivity contribution is 0.117. The van der Waals surface area contributed by atoms with Crippen molar-refractivity contribution in [3.8, 4) is 0 Å². The zero-order valence-electron chi connectivity index (χ0n) is 10.9. The number of hydrogen-bond donors (Lipinski definition) is 1. The Morgan fingerprint density at radius 2 is 2.33 bits per heavy atom. The van der Waals surface area contributed by atoms with E-state index in [0.29, 0.717) is 12.5 Å². The number of aromatic nitrogens is 2. The lowest BCUT2D eigenvalue weighted by atomic mass is 10.0. The fraction of sp³-hybridized carbons (Fsp3) is 0.500. The summed E-state index contributed by atoms with van der Waals surface area (Å²) in [6.45, 7) is 3.53. The minimum atomic E-state index is 0.259. The Bertz CT molecular complexity index is 576. The second-order valence-corrected chi connectivity index (χ2v) is 5.03. The number of fused-ring (bicyclic) bond motifs is 1. The zero-order chi connectivity index (χ0) is 12.7. The van der Waals surface area contributed by atoms with Gasteiger partial charge in [-0.3, -0.25) is 0 Å². The summed E-state index contributed by atoms with van der Waals surface area (Å²) in [6, 6.07) is 6.24. The molecule has 0 radical (unpaired) electrons. The number of nitrogens with zero attached hydrogens (tertiary/aromatic N) is 2. The van der Waals surface area contributed by atoms with Gasteiger partial charge in [-0.1, -0.05) is 6.07 Å². The van der Waals surface area contributed by atoms with Gasteiger partial charge in [-0.05, 0) is 31.0 Å². The van der Waals surface area contributed by atoms with Crippen LogP contribution >= 0.6 is 0 Å². The third kappa shape index (κ3) is 1.72. The molecular formula is C14H19N3O. The van der Waals surface area contributed by atoms with Crippen LogP contribution in [0.3, 0.4) is 0 Å². The van der Waals surface area contributed by atoms with E-state index in [4.69, 9.17) is 15.5 Å². The SMILES string of the molecule is CC1OCCC1c1nc2ccc(CN)cc2n1C. The van der Waals surface area contributed by atoms with Crippen LogP contribution in [0.1, 0.15) is 30.7 Å². The smallest absolute Gasteiger partial charge is 0.115 e. The van der Waals surface area contributed by atoms with Crippen LogP contribution in [0.4, 0.5) is 0 Å². The van der Waals surface area contributed by atoms with Gasteiger partial charge in [0.1, 0.15) is 5.82 Å². The van der Waals surface area contributed by atoms with Gasteiger partial charge in [0.15, 0.2) is 0 Å². The first-order valence-electron chi connectivity index (χ1n) is 6.47. The van der Waals surface area contributed by atoms with Gasteiger partial charge in [-0.2, -0.15) is 0 Å². The van der Waals surface area contributed by atoms with Crippen LogP contribution in [0.2, 0.25) is 0 Å². The molecule has 1 aliphatic rings. The topological polar surface area (TPSA) is 53.1 Å². The average Bonchev–Trinajstić information content (AvgIpc) is 2.93. The minimum Gasteiger partial charge on any atom is -0.378 e. The van der Waals surface area contributed by atoms with E-state index >= 15 is 0 Å². The van der Waals surface area contributed by atoms with Crippen molar-refractivity contribution in [1.29, 1.82) is 0 Å². The molecule has 1 fully saturated rings. The summed E-state index contributed by atoms with van der Waals surface area (Å²) in [4.78, 5) is 4.76. The predicted octanol–water partition coefficient (Wildman–Crippen LogP) is 1.92. The summed E-state index contributed by atoms with van der Waals surface area (Å²) in [6.07, 6.45) is 1.32. The van der Waals surface area contributed by atoms with Gasteiger partial charge in [0.2, 0.25) is 0 Å². The predicted molar refractivity (Wildman–Crippen MR) is 71.4 cm³/mol. The van der Waals surface area contributed by atoms with E-state index < -0.39 is 0 Å². The van der Waals surface area contributed by atoms with Crippen molar-refractivity contribution < 1.29 is 4.74 Å². The van der Waals surface area contributed by atoms with E-state index in [1.807, 2.05) is 6.07 Å². The van der Waals surface area contributed by atoms with Gasteiger partial charge in [0, 0.05) is 26.1 Å². The molecule has 18 heavy (non-hydrogen) atoms. The molecule has 2 unspecified atom stereocenters. The monoisotopic (exact) mass is 245 g/mol. The molecule has 0 aliphatic carbocycles. The Kier molecular flexibility index (Phi) is 2.84. The molecule has 1 saturated heterocycles. The molecule has 3 rings (SSSR count). The molecular weight excluding hydrogens is 226 g/mol. The summed E-state index contributed by atoms with van der Waals surface area (Å²) in [5.74, 6) is 1.54. The van der Waals surface area contributed by atoms with Crippen molar-refractivity contribution in [2.24, 2.45) is 12.8 Å². The molecule has 2 N–H and O–H groups in total. The van der Waals surface area contributed by atoms with Crippen molar-refractivity contribution in [2.75, 3.05) is 6.61 Å². The molecule has 2 atom stereocenters. The highest BCUT2D eigenvalue weighted by Gasteiger charge is 2.29. The van der Waals surface area contributed by atoms with Gasteiger partial charge in [0.05, 0.1) is 17.1 Å². The first-order chi connectivity index (χ1) is 8.70. The normalized spacial score (nSPS) is 23.9. The molecule has 2 heterocycles. The van der Waals surface area contributed by atoms with Crippen molar-refractivity contribution in [2.45, 2.75) is 31.9 Å². The van der Waals surface area contributed by atoms with Crippen LogP contribution in [0.15, 0.2) is 18.2 Å². The molecule has 1 aromatic heterocycles. The fourth-order valence-electron chi connectivity index (χ4n) is 2.78. The summed E-state index contributed by atoms with van der Waals surface area (Å²) >= 11 is 0. The molecule has 1 aliphatic heterocycles. The van der Waals surface area contributed by atoms with Crippen LogP contribution in [-0.4, -0.2) is 22.3 Å². The molecule has 0 saturated carbocycles. The maximum Gasteiger partial charge on any atom is 0.115 e. The van der Waals surface area contributed by atoms with Gasteiger partial charge < -0.3 is 15.0 Å². The number of benzene rings is 1. The molecule has 96 valence electrons. The highest BCUT2D eigenvalue weighted by Crippen LogP contribution is 2.32. The lowest BCUT2D eigenvalue weighted by Crippen LogP contribution is -2.13. The maximum atomic E-state index is 5.69. The summed E-state index contributed by atoms with van der Waals surface area (Å²) in [7, 11) is 2.08. The third-order valence-electron chi connectivity index (χ3n) is 3.92. The van der Waals surface area contributed by atoms with E-state index in [0.717, 1.165) is 35.4 Å². The summed E-state index contributed by atoms with van der Waals surface area (Å²) in [5.41, 5.74) is 9.04. The first-order valence-corrected chi connectivity index (χ1v) is 6.47. The highest BCUT2D eigenvalue weighted by atomic mass is 16.5. The Balaban J connectivity index is 2.10. The third-order valence-corrected chi connectivity index (χ3v) is 3.92. The lowest BCUT2D eigenvalue weighted by Gasteiger charge is -2.13. The largest absolute Gasteiger partial charge is 0.378 e. The fourth-order valence-corrected chi connectivity index (χ4v) is 2.78. The number of aryl methyl sites for hydroxylation is 1. The van der Waals surface area contributed by atoms with Gasteiger partial charge in [-0.15, -0.1) is 0 Å². The average molecular weight is 245 g/mol. The van der Waals surface area contributed by atoms with E-state index in [1.165, 1.54) is 0 Å². The van der Waals surface area contributed by atoms with Gasteiger partial charge in [-0.25, -0.2) is 4.98 Å². The van der Waals surface area contributed by atoms with Crippen LogP contribution in [0.25, 0.3) is 11.0 Å². The number of hydrogen-bond acceptors (Lipinski definition) is 3. The van der Waals surface area contributed by atoms with Crippen LogP contribution in [-0.2, 0) is 18.3 Å². The molecule has 4 nitrogen and oxygen atoms in total. The molecule has 2 aromatic rings. The molecule has 0 spiro atoms. The van der Waals surface area contributed by atoms with Crippen LogP contribution in [0.5, 0.6) is 0 Å². The highest BCUT2D eigenvalue weighted by molar-refractivity contribution is 5.77. The van der Waals surface area contributed by atoms with Gasteiger partial charge in [0.25, 0.3) is 0 Å². The van der Waals surface area contributed by atoms with Crippen LogP contribution < -0.4 is 5.73 Å². The van der Waals surface area contributed by atoms with Crippen LogP contribution in [0, 0.1) is 0 Å². The van der Waals surface area contributed by atoms with E-state index in [2.05, 4.69) is 30.7 Å². The number of rotatable bonds is 2. The van der Waals surface area contributed by atoms with Crippen molar-refractivity contribution in [1.82, 2.24) is 9.55 Å². The Hall–Kier alpha value is -1.39. The summed E-state index contributed by atoms with van der Waals surface area (Å²) in [5, 5.41) is 0. The molecule has 0 amide bonds. The molecule has 1 aromatic carbocycles. The zero-order valence-corrected chi connectivity index (χ0v) is 10.9. The van der Waals surface area contributed by atoms with E-state index in [-0.39, 0.29) is 6.10 Å². The quantitative estimate of drug-likeness (QED) is 0.879. The Morgan fingerprint density at radius 1 is 1.50 bits per heavy atom. The second kappa shape index (κ2) is 4.37.